The molecule has 0 fully saturated rings. The van der Waals surface area contributed by atoms with Gasteiger partial charge in [0.1, 0.15) is 0 Å². The number of carbonyl (C=O) groups is 2. The number of para-hydroxylation sites is 1. The van der Waals surface area contributed by atoms with Crippen molar-refractivity contribution in [2.45, 2.75) is 40.3 Å². The van der Waals surface area contributed by atoms with Crippen LogP contribution in [-0.4, -0.2) is 52.1 Å². The van der Waals surface area contributed by atoms with Gasteiger partial charge in [0.2, 0.25) is 5.88 Å². The number of nitrogens with one attached hydrogen (secondary N) is 1. The van der Waals surface area contributed by atoms with Gasteiger partial charge in [0.05, 0.1) is 5.52 Å². The highest BCUT2D eigenvalue weighted by Crippen LogP contribution is 2.38. The number of azo groups is 1. The zero-order valence-corrected chi connectivity index (χ0v) is 16.3. The minimum Gasteiger partial charge on any atom is -0.493 e. The molecule has 0 aliphatic carbocycles. The van der Waals surface area contributed by atoms with E-state index in [9.17, 15) is 14.7 Å². The Kier molecular flexibility index (Phi) is 7.06. The van der Waals surface area contributed by atoms with E-state index in [0.29, 0.717) is 11.9 Å². The summed E-state index contributed by atoms with van der Waals surface area (Å²) in [5.74, 6) is -1.88. The Morgan fingerprint density at radius 2 is 1.89 bits per heavy atom. The minimum absolute atomic E-state index is 0.0656. The Bertz CT molecular complexity index is 837. The summed E-state index contributed by atoms with van der Waals surface area (Å²) in [6.45, 7) is 10.9. The molecule has 1 heterocycles. The van der Waals surface area contributed by atoms with Crippen LogP contribution in [0.5, 0.6) is 5.88 Å². The average Bonchev–Trinajstić information content (AvgIpc) is 2.91. The number of hydrogen-bond acceptors (Lipinski definition) is 5. The number of nitrogens with zero attached hydrogens (tertiary/aromatic N) is 4. The number of hydrogen-bond donors (Lipinski definition) is 2. The van der Waals surface area contributed by atoms with Crippen molar-refractivity contribution in [1.82, 2.24) is 14.8 Å². The summed E-state index contributed by atoms with van der Waals surface area (Å²) in [5, 5.41) is 21.2. The minimum atomic E-state index is -0.997. The maximum atomic E-state index is 11.8. The van der Waals surface area contributed by atoms with Crippen LogP contribution in [0.4, 0.5) is 5.69 Å². The van der Waals surface area contributed by atoms with Crippen LogP contribution in [0.1, 0.15) is 27.7 Å². The van der Waals surface area contributed by atoms with Crippen molar-refractivity contribution in [1.29, 1.82) is 0 Å². The van der Waals surface area contributed by atoms with Gasteiger partial charge in [-0.15, -0.1) is 10.2 Å². The van der Waals surface area contributed by atoms with Gasteiger partial charge >= 0.3 is 11.8 Å². The van der Waals surface area contributed by atoms with Crippen LogP contribution < -0.4 is 5.32 Å². The SMILES string of the molecule is CCN(CC)CCn1c(O)c(N=NC(=O)C(=O)NC(C)C)c2ccccc21. The molecular weight excluding hydrogens is 346 g/mol. The number of aromatic hydroxyl groups is 1. The van der Waals surface area contributed by atoms with E-state index in [1.165, 1.54) is 0 Å². The predicted molar refractivity (Wildman–Crippen MR) is 104 cm³/mol. The second-order valence-corrected chi connectivity index (χ2v) is 6.50. The molecule has 2 N–H and O–H groups in total. The van der Waals surface area contributed by atoms with Crippen molar-refractivity contribution < 1.29 is 14.7 Å². The molecule has 0 unspecified atom stereocenters. The highest BCUT2D eigenvalue weighted by molar-refractivity contribution is 6.35. The molecule has 0 aliphatic rings. The first-order valence-corrected chi connectivity index (χ1v) is 9.18. The first kappa shape index (κ1) is 20.6. The molecular formula is C19H27N5O3. The molecule has 1 aromatic heterocycles. The third-order valence-electron chi connectivity index (χ3n) is 4.31. The van der Waals surface area contributed by atoms with E-state index < -0.39 is 11.8 Å². The lowest BCUT2D eigenvalue weighted by Crippen LogP contribution is -2.34. The molecule has 8 heteroatoms. The topological polar surface area (TPSA) is 99.3 Å². The Balaban J connectivity index is 2.32. The van der Waals surface area contributed by atoms with Crippen molar-refractivity contribution in [2.24, 2.45) is 10.2 Å². The van der Waals surface area contributed by atoms with Crippen LogP contribution >= 0.6 is 0 Å². The molecule has 1 aromatic carbocycles. The molecule has 2 aromatic rings. The van der Waals surface area contributed by atoms with Crippen LogP contribution in [0.3, 0.4) is 0 Å². The molecule has 2 amide bonds. The molecule has 0 radical (unpaired) electrons. The fourth-order valence-electron chi connectivity index (χ4n) is 2.84. The first-order chi connectivity index (χ1) is 12.9. The highest BCUT2D eigenvalue weighted by Gasteiger charge is 2.18. The number of amides is 2. The fourth-order valence-corrected chi connectivity index (χ4v) is 2.84. The lowest BCUT2D eigenvalue weighted by Gasteiger charge is -2.18. The van der Waals surface area contributed by atoms with Crippen molar-refractivity contribution in [3.05, 3.63) is 24.3 Å². The summed E-state index contributed by atoms with van der Waals surface area (Å²) in [5.41, 5.74) is 0.992. The van der Waals surface area contributed by atoms with E-state index in [2.05, 4.69) is 34.3 Å². The summed E-state index contributed by atoms with van der Waals surface area (Å²) >= 11 is 0. The number of carbonyl (C=O) groups excluding carboxylic acids is 2. The maximum absolute atomic E-state index is 11.8. The third kappa shape index (κ3) is 4.91. The molecule has 0 atom stereocenters. The summed E-state index contributed by atoms with van der Waals surface area (Å²) in [4.78, 5) is 25.8. The van der Waals surface area contributed by atoms with Gasteiger partial charge in [-0.2, -0.15) is 0 Å². The molecule has 27 heavy (non-hydrogen) atoms. The number of benzene rings is 1. The van der Waals surface area contributed by atoms with Gasteiger partial charge in [-0.3, -0.25) is 9.59 Å². The van der Waals surface area contributed by atoms with Gasteiger partial charge in [-0.25, -0.2) is 0 Å². The van der Waals surface area contributed by atoms with Gasteiger partial charge in [0.15, 0.2) is 5.69 Å². The van der Waals surface area contributed by atoms with E-state index in [1.807, 2.05) is 18.2 Å². The molecule has 0 saturated carbocycles. The number of aromatic nitrogens is 1. The Morgan fingerprint density at radius 1 is 1.22 bits per heavy atom. The number of fused-ring (bicyclic) bond motifs is 1. The van der Waals surface area contributed by atoms with E-state index in [-0.39, 0.29) is 17.6 Å². The zero-order chi connectivity index (χ0) is 20.0. The zero-order valence-electron chi connectivity index (χ0n) is 16.3. The van der Waals surface area contributed by atoms with Gasteiger partial charge in [0.25, 0.3) is 0 Å². The summed E-state index contributed by atoms with van der Waals surface area (Å²) in [7, 11) is 0. The molecule has 0 aliphatic heterocycles. The third-order valence-corrected chi connectivity index (χ3v) is 4.31. The Hall–Kier alpha value is -2.74. The van der Waals surface area contributed by atoms with Crippen LogP contribution in [0.2, 0.25) is 0 Å². The van der Waals surface area contributed by atoms with Gasteiger partial charge in [-0.05, 0) is 33.0 Å². The monoisotopic (exact) mass is 373 g/mol. The normalized spacial score (nSPS) is 11.8. The van der Waals surface area contributed by atoms with Crippen molar-refractivity contribution in [3.8, 4) is 5.88 Å². The van der Waals surface area contributed by atoms with Gasteiger partial charge in [0, 0.05) is 24.5 Å². The highest BCUT2D eigenvalue weighted by atomic mass is 16.3. The van der Waals surface area contributed by atoms with Crippen molar-refractivity contribution in [2.75, 3.05) is 19.6 Å². The summed E-state index contributed by atoms with van der Waals surface area (Å²) in [6.07, 6.45) is 0. The van der Waals surface area contributed by atoms with E-state index >= 15 is 0 Å². The molecule has 0 spiro atoms. The summed E-state index contributed by atoms with van der Waals surface area (Å²) < 4.78 is 1.75. The molecule has 146 valence electrons. The smallest absolute Gasteiger partial charge is 0.353 e. The molecule has 8 nitrogen and oxygen atoms in total. The van der Waals surface area contributed by atoms with E-state index in [0.717, 1.165) is 25.2 Å². The fraction of sp³-hybridized carbons (Fsp3) is 0.474. The summed E-state index contributed by atoms with van der Waals surface area (Å²) in [6, 6.07) is 7.20. The van der Waals surface area contributed by atoms with Crippen LogP contribution in [0.15, 0.2) is 34.5 Å². The lowest BCUT2D eigenvalue weighted by atomic mass is 10.2. The van der Waals surface area contributed by atoms with E-state index in [1.54, 1.807) is 24.5 Å². The number of rotatable bonds is 7. The second kappa shape index (κ2) is 9.27. The average molecular weight is 373 g/mol. The standard InChI is InChI=1S/C19H27N5O3/c1-5-23(6-2)11-12-24-15-10-8-7-9-14(15)16(19(24)27)21-22-18(26)17(25)20-13(3)4/h7-10,13,27H,5-6,11-12H2,1-4H3,(H,20,25). The number of likely N-dealkylation sites (N-methyl/N-ethyl adjacent to an activating group) is 1. The van der Waals surface area contributed by atoms with Crippen LogP contribution in [0, 0.1) is 0 Å². The Morgan fingerprint density at radius 3 is 2.52 bits per heavy atom. The molecule has 0 saturated heterocycles. The second-order valence-electron chi connectivity index (χ2n) is 6.50. The lowest BCUT2D eigenvalue weighted by molar-refractivity contribution is -0.137. The van der Waals surface area contributed by atoms with Crippen LogP contribution in [-0.2, 0) is 16.1 Å². The largest absolute Gasteiger partial charge is 0.493 e. The maximum Gasteiger partial charge on any atom is 0.353 e. The molecule has 0 bridgehead atoms. The van der Waals surface area contributed by atoms with E-state index in [4.69, 9.17) is 0 Å². The molecule has 2 rings (SSSR count). The first-order valence-electron chi connectivity index (χ1n) is 9.18. The van der Waals surface area contributed by atoms with Gasteiger partial charge < -0.3 is 19.9 Å². The Labute approximate surface area is 158 Å². The predicted octanol–water partition coefficient (Wildman–Crippen LogP) is 2.82. The van der Waals surface area contributed by atoms with Crippen molar-refractivity contribution >= 4 is 28.4 Å². The van der Waals surface area contributed by atoms with Gasteiger partial charge in [-0.1, -0.05) is 32.0 Å². The van der Waals surface area contributed by atoms with Crippen molar-refractivity contribution in [3.63, 3.8) is 0 Å². The quantitative estimate of drug-likeness (QED) is 0.576. The van der Waals surface area contributed by atoms with Crippen LogP contribution in [0.25, 0.3) is 10.9 Å².